The van der Waals surface area contributed by atoms with E-state index >= 15 is 0 Å². The second-order valence-electron chi connectivity index (χ2n) is 6.49. The second-order valence-corrected chi connectivity index (χ2v) is 7.27. The molecule has 0 N–H and O–H groups in total. The highest BCUT2D eigenvalue weighted by Gasteiger charge is 2.22. The summed E-state index contributed by atoms with van der Waals surface area (Å²) in [5, 5.41) is 8.99. The van der Waals surface area contributed by atoms with Crippen LogP contribution in [-0.2, 0) is 19.6 Å². The Balaban J connectivity index is 1.67. The molecular weight excluding hydrogens is 304 g/mol. The van der Waals surface area contributed by atoms with Crippen molar-refractivity contribution < 1.29 is 0 Å². The smallest absolute Gasteiger partial charge is 0.0524 e. The molecule has 2 aromatic heterocycles. The number of nitrogens with zero attached hydrogens (tertiary/aromatic N) is 4. The Labute approximate surface area is 143 Å². The number of aromatic nitrogens is 2. The molecule has 2 aromatic rings. The van der Waals surface area contributed by atoms with Gasteiger partial charge in [0.2, 0.25) is 0 Å². The summed E-state index contributed by atoms with van der Waals surface area (Å²) in [5.41, 5.74) is 2.79. The molecule has 0 fully saturated rings. The van der Waals surface area contributed by atoms with E-state index in [-0.39, 0.29) is 0 Å². The zero-order valence-electron chi connectivity index (χ0n) is 14.3. The zero-order valence-corrected chi connectivity index (χ0v) is 15.1. The third kappa shape index (κ3) is 4.43. The van der Waals surface area contributed by atoms with E-state index in [1.807, 2.05) is 6.20 Å². The van der Waals surface area contributed by atoms with Crippen LogP contribution in [-0.4, -0.2) is 45.8 Å². The van der Waals surface area contributed by atoms with Crippen molar-refractivity contribution in [3.8, 4) is 0 Å². The number of hydrogen-bond donors (Lipinski definition) is 0. The standard InChI is InChI=1S/C18H28N4S/c1-3-20(4-2)9-6-16-11-21(12-17-7-10-23-15-17)14-18-5-8-19-22(18)13-16/h5,7-8,10,15-16H,3-4,6,9,11-14H2,1-2H3/t16-/m0/s1. The van der Waals surface area contributed by atoms with Gasteiger partial charge in [0, 0.05) is 32.4 Å². The lowest BCUT2D eigenvalue weighted by molar-refractivity contribution is 0.196. The van der Waals surface area contributed by atoms with E-state index in [2.05, 4.69) is 56.3 Å². The fourth-order valence-electron chi connectivity index (χ4n) is 3.47. The summed E-state index contributed by atoms with van der Waals surface area (Å²) in [6.45, 7) is 12.3. The van der Waals surface area contributed by atoms with Crippen LogP contribution in [0.2, 0.25) is 0 Å². The summed E-state index contributed by atoms with van der Waals surface area (Å²) in [6, 6.07) is 4.42. The maximum Gasteiger partial charge on any atom is 0.0524 e. The molecule has 0 aliphatic carbocycles. The molecule has 1 aliphatic rings. The van der Waals surface area contributed by atoms with Crippen LogP contribution in [0.3, 0.4) is 0 Å². The number of rotatable bonds is 7. The Kier molecular flexibility index (Phi) is 5.86. The first-order valence-corrected chi connectivity index (χ1v) is 9.69. The Bertz CT molecular complexity index is 574. The van der Waals surface area contributed by atoms with Gasteiger partial charge in [-0.15, -0.1) is 0 Å². The Morgan fingerprint density at radius 2 is 2.13 bits per heavy atom. The van der Waals surface area contributed by atoms with Crippen molar-refractivity contribution in [3.05, 3.63) is 40.3 Å². The first-order chi connectivity index (χ1) is 11.3. The summed E-state index contributed by atoms with van der Waals surface area (Å²) in [6.07, 6.45) is 3.20. The number of hydrogen-bond acceptors (Lipinski definition) is 4. The molecule has 3 rings (SSSR count). The minimum atomic E-state index is 0.676. The second kappa shape index (κ2) is 8.08. The summed E-state index contributed by atoms with van der Waals surface area (Å²) < 4.78 is 2.22. The topological polar surface area (TPSA) is 24.3 Å². The van der Waals surface area contributed by atoms with E-state index in [9.17, 15) is 0 Å². The largest absolute Gasteiger partial charge is 0.304 e. The van der Waals surface area contributed by atoms with E-state index in [0.717, 1.165) is 32.7 Å². The van der Waals surface area contributed by atoms with Gasteiger partial charge in [-0.25, -0.2) is 0 Å². The molecule has 0 amide bonds. The minimum Gasteiger partial charge on any atom is -0.304 e. The van der Waals surface area contributed by atoms with Crippen molar-refractivity contribution in [3.63, 3.8) is 0 Å². The molecule has 1 aliphatic heterocycles. The van der Waals surface area contributed by atoms with Gasteiger partial charge < -0.3 is 4.90 Å². The number of thiophene rings is 1. The molecule has 5 heteroatoms. The SMILES string of the molecule is CCN(CC)CC[C@H]1CN(Cc2ccsc2)Cc2ccnn2C1. The average molecular weight is 333 g/mol. The summed E-state index contributed by atoms with van der Waals surface area (Å²) in [7, 11) is 0. The van der Waals surface area contributed by atoms with Gasteiger partial charge in [0.05, 0.1) is 5.69 Å². The third-order valence-corrected chi connectivity index (χ3v) is 5.60. The first-order valence-electron chi connectivity index (χ1n) is 8.75. The third-order valence-electron chi connectivity index (χ3n) is 4.87. The molecule has 0 spiro atoms. The highest BCUT2D eigenvalue weighted by Crippen LogP contribution is 2.21. The zero-order chi connectivity index (χ0) is 16.1. The monoisotopic (exact) mass is 332 g/mol. The predicted octanol–water partition coefficient (Wildman–Crippen LogP) is 3.31. The van der Waals surface area contributed by atoms with Gasteiger partial charge in [-0.3, -0.25) is 9.58 Å². The van der Waals surface area contributed by atoms with Gasteiger partial charge in [-0.1, -0.05) is 13.8 Å². The van der Waals surface area contributed by atoms with Gasteiger partial charge >= 0.3 is 0 Å². The van der Waals surface area contributed by atoms with E-state index in [0.29, 0.717) is 5.92 Å². The minimum absolute atomic E-state index is 0.676. The fraction of sp³-hybridized carbons (Fsp3) is 0.611. The van der Waals surface area contributed by atoms with Crippen molar-refractivity contribution in [2.75, 3.05) is 26.2 Å². The molecule has 0 saturated heterocycles. The Morgan fingerprint density at radius 1 is 1.26 bits per heavy atom. The van der Waals surface area contributed by atoms with Crippen LogP contribution < -0.4 is 0 Å². The molecule has 4 nitrogen and oxygen atoms in total. The molecule has 126 valence electrons. The van der Waals surface area contributed by atoms with Crippen molar-refractivity contribution in [2.45, 2.75) is 39.9 Å². The molecule has 0 aromatic carbocycles. The van der Waals surface area contributed by atoms with Crippen molar-refractivity contribution in [1.29, 1.82) is 0 Å². The lowest BCUT2D eigenvalue weighted by Gasteiger charge is -2.26. The van der Waals surface area contributed by atoms with Crippen molar-refractivity contribution in [1.82, 2.24) is 19.6 Å². The van der Waals surface area contributed by atoms with Gasteiger partial charge in [-0.2, -0.15) is 16.4 Å². The fourth-order valence-corrected chi connectivity index (χ4v) is 4.13. The Morgan fingerprint density at radius 3 is 2.87 bits per heavy atom. The van der Waals surface area contributed by atoms with Gasteiger partial charge in [0.1, 0.15) is 0 Å². The molecule has 0 unspecified atom stereocenters. The first kappa shape index (κ1) is 16.7. The lowest BCUT2D eigenvalue weighted by atomic mass is 10.0. The molecule has 0 bridgehead atoms. The highest BCUT2D eigenvalue weighted by atomic mass is 32.1. The number of fused-ring (bicyclic) bond motifs is 1. The van der Waals surface area contributed by atoms with Crippen LogP contribution in [0.5, 0.6) is 0 Å². The maximum atomic E-state index is 4.54. The van der Waals surface area contributed by atoms with Gasteiger partial charge in [0.15, 0.2) is 0 Å². The van der Waals surface area contributed by atoms with Crippen LogP contribution >= 0.6 is 11.3 Å². The molecule has 0 saturated carbocycles. The molecule has 23 heavy (non-hydrogen) atoms. The normalized spacial score (nSPS) is 19.0. The van der Waals surface area contributed by atoms with Crippen LogP contribution in [0.1, 0.15) is 31.5 Å². The van der Waals surface area contributed by atoms with Crippen molar-refractivity contribution in [2.24, 2.45) is 5.92 Å². The van der Waals surface area contributed by atoms with Gasteiger partial charge in [0.25, 0.3) is 0 Å². The molecule has 1 atom stereocenters. The Hall–Kier alpha value is -1.17. The van der Waals surface area contributed by atoms with E-state index in [4.69, 9.17) is 0 Å². The average Bonchev–Trinajstić information content (AvgIpc) is 3.18. The highest BCUT2D eigenvalue weighted by molar-refractivity contribution is 7.07. The maximum absolute atomic E-state index is 4.54. The summed E-state index contributed by atoms with van der Waals surface area (Å²) in [5.74, 6) is 0.676. The summed E-state index contributed by atoms with van der Waals surface area (Å²) in [4.78, 5) is 5.12. The van der Waals surface area contributed by atoms with Crippen LogP contribution in [0.4, 0.5) is 0 Å². The van der Waals surface area contributed by atoms with Crippen LogP contribution in [0, 0.1) is 5.92 Å². The van der Waals surface area contributed by atoms with E-state index < -0.39 is 0 Å². The molecule has 0 radical (unpaired) electrons. The molecular formula is C18H28N4S. The van der Waals surface area contributed by atoms with Crippen LogP contribution in [0.15, 0.2) is 29.1 Å². The van der Waals surface area contributed by atoms with E-state index in [1.54, 1.807) is 11.3 Å². The van der Waals surface area contributed by atoms with E-state index in [1.165, 1.54) is 30.8 Å². The predicted molar refractivity (Wildman–Crippen MR) is 96.6 cm³/mol. The lowest BCUT2D eigenvalue weighted by Crippen LogP contribution is -2.31. The van der Waals surface area contributed by atoms with Crippen molar-refractivity contribution >= 4 is 11.3 Å². The van der Waals surface area contributed by atoms with Gasteiger partial charge in [-0.05, 0) is 60.4 Å². The quantitative estimate of drug-likeness (QED) is 0.777. The van der Waals surface area contributed by atoms with Crippen LogP contribution in [0.25, 0.3) is 0 Å². The molecule has 3 heterocycles. The summed E-state index contributed by atoms with van der Waals surface area (Å²) >= 11 is 1.79.